The molecule has 270 valence electrons. The quantitative estimate of drug-likeness (QED) is 0.164. The van der Waals surface area contributed by atoms with Gasteiger partial charge in [-0.15, -0.1) is 11.3 Å². The SMILES string of the molecule is c1ccc(-c2nc(-c3ccc4nc(-c5ccccc5)c5ccc6sc7ccccc7c6c5c4c3)cc(-c3ccc4c(c3)c3ccccc3n4-c3ccccc3)n2)cc1. The molecule has 8 aromatic carbocycles. The van der Waals surface area contributed by atoms with Gasteiger partial charge in [-0.05, 0) is 60.7 Å². The Morgan fingerprint density at radius 1 is 0.362 bits per heavy atom. The first kappa shape index (κ1) is 32.7. The van der Waals surface area contributed by atoms with Crippen LogP contribution in [-0.2, 0) is 0 Å². The molecule has 0 fully saturated rings. The van der Waals surface area contributed by atoms with E-state index in [1.54, 1.807) is 0 Å². The van der Waals surface area contributed by atoms with Gasteiger partial charge in [0.15, 0.2) is 5.82 Å². The van der Waals surface area contributed by atoms with Gasteiger partial charge in [-0.2, -0.15) is 0 Å². The van der Waals surface area contributed by atoms with Crippen molar-refractivity contribution in [2.45, 2.75) is 0 Å². The monoisotopic (exact) mass is 756 g/mol. The van der Waals surface area contributed by atoms with E-state index in [0.29, 0.717) is 5.82 Å². The molecule has 58 heavy (non-hydrogen) atoms. The number of hydrogen-bond donors (Lipinski definition) is 0. The molecule has 0 unspecified atom stereocenters. The summed E-state index contributed by atoms with van der Waals surface area (Å²) in [4.78, 5) is 15.9. The Morgan fingerprint density at radius 3 is 1.76 bits per heavy atom. The number of pyridine rings is 1. The minimum absolute atomic E-state index is 0.689. The lowest BCUT2D eigenvalue weighted by Gasteiger charge is -2.14. The Morgan fingerprint density at radius 2 is 0.983 bits per heavy atom. The lowest BCUT2D eigenvalue weighted by molar-refractivity contribution is 1.18. The maximum atomic E-state index is 5.36. The summed E-state index contributed by atoms with van der Waals surface area (Å²) in [7, 11) is 0. The lowest BCUT2D eigenvalue weighted by Crippen LogP contribution is -1.97. The highest BCUT2D eigenvalue weighted by Crippen LogP contribution is 2.44. The lowest BCUT2D eigenvalue weighted by atomic mass is 9.95. The first-order chi connectivity index (χ1) is 28.7. The molecule has 0 radical (unpaired) electrons. The maximum Gasteiger partial charge on any atom is 0.160 e. The molecule has 0 aliphatic heterocycles. The molecular weight excluding hydrogens is 725 g/mol. The van der Waals surface area contributed by atoms with Gasteiger partial charge in [0.1, 0.15) is 0 Å². The first-order valence-corrected chi connectivity index (χ1v) is 20.3. The minimum Gasteiger partial charge on any atom is -0.309 e. The van der Waals surface area contributed by atoms with Crippen LogP contribution >= 0.6 is 11.3 Å². The second-order valence-corrected chi connectivity index (χ2v) is 15.8. The molecule has 0 spiro atoms. The molecule has 12 rings (SSSR count). The molecule has 4 nitrogen and oxygen atoms in total. The zero-order valence-corrected chi connectivity index (χ0v) is 32.0. The van der Waals surface area contributed by atoms with E-state index in [9.17, 15) is 0 Å². The molecule has 4 heterocycles. The van der Waals surface area contributed by atoms with Crippen molar-refractivity contribution in [3.05, 3.63) is 194 Å². The maximum absolute atomic E-state index is 5.36. The van der Waals surface area contributed by atoms with Gasteiger partial charge in [0, 0.05) is 75.0 Å². The van der Waals surface area contributed by atoms with Crippen LogP contribution in [0, 0.1) is 0 Å². The van der Waals surface area contributed by atoms with Crippen molar-refractivity contribution in [3.63, 3.8) is 0 Å². The fourth-order valence-corrected chi connectivity index (χ4v) is 9.84. The van der Waals surface area contributed by atoms with Crippen molar-refractivity contribution in [3.8, 4) is 50.8 Å². The van der Waals surface area contributed by atoms with E-state index in [1.807, 2.05) is 29.5 Å². The average molecular weight is 757 g/mol. The molecular formula is C53H32N4S. The van der Waals surface area contributed by atoms with Crippen LogP contribution in [-0.4, -0.2) is 19.5 Å². The van der Waals surface area contributed by atoms with E-state index in [0.717, 1.165) is 66.8 Å². The van der Waals surface area contributed by atoms with Crippen molar-refractivity contribution >= 4 is 75.0 Å². The van der Waals surface area contributed by atoms with Crippen molar-refractivity contribution < 1.29 is 0 Å². The topological polar surface area (TPSA) is 43.6 Å². The summed E-state index contributed by atoms with van der Waals surface area (Å²) >= 11 is 1.85. The highest BCUT2D eigenvalue weighted by atomic mass is 32.1. The van der Waals surface area contributed by atoms with Crippen molar-refractivity contribution in [2.75, 3.05) is 0 Å². The van der Waals surface area contributed by atoms with E-state index in [4.69, 9.17) is 15.0 Å². The molecule has 0 amide bonds. The van der Waals surface area contributed by atoms with E-state index < -0.39 is 0 Å². The van der Waals surface area contributed by atoms with Gasteiger partial charge >= 0.3 is 0 Å². The number of benzene rings is 8. The second kappa shape index (κ2) is 13.1. The summed E-state index contributed by atoms with van der Waals surface area (Å²) in [5, 5.41) is 8.40. The van der Waals surface area contributed by atoms with Gasteiger partial charge in [-0.3, -0.25) is 0 Å². The Labute approximate surface area is 338 Å². The smallest absolute Gasteiger partial charge is 0.160 e. The van der Waals surface area contributed by atoms with Crippen LogP contribution in [0.4, 0.5) is 0 Å². The van der Waals surface area contributed by atoms with Gasteiger partial charge in [0.05, 0.1) is 33.6 Å². The van der Waals surface area contributed by atoms with Crippen LogP contribution in [0.25, 0.3) is 115 Å². The number of fused-ring (bicyclic) bond motifs is 10. The number of nitrogens with zero attached hydrogens (tertiary/aromatic N) is 4. The minimum atomic E-state index is 0.689. The van der Waals surface area contributed by atoms with E-state index in [2.05, 4.69) is 180 Å². The normalized spacial score (nSPS) is 11.8. The van der Waals surface area contributed by atoms with Crippen LogP contribution in [0.15, 0.2) is 194 Å². The molecule has 0 atom stereocenters. The summed E-state index contributed by atoms with van der Waals surface area (Å²) < 4.78 is 4.90. The highest BCUT2D eigenvalue weighted by Gasteiger charge is 2.19. The largest absolute Gasteiger partial charge is 0.309 e. The number of hydrogen-bond acceptors (Lipinski definition) is 4. The van der Waals surface area contributed by atoms with Gasteiger partial charge in [0.2, 0.25) is 0 Å². The highest BCUT2D eigenvalue weighted by molar-refractivity contribution is 7.26. The molecule has 4 aromatic heterocycles. The Bertz CT molecular complexity index is 3550. The predicted octanol–water partition coefficient (Wildman–Crippen LogP) is 14.3. The fourth-order valence-electron chi connectivity index (χ4n) is 8.73. The summed E-state index contributed by atoms with van der Waals surface area (Å²) in [5.74, 6) is 0.689. The fraction of sp³-hybridized carbons (Fsp3) is 0. The van der Waals surface area contributed by atoms with Gasteiger partial charge in [0.25, 0.3) is 0 Å². The molecule has 5 heteroatoms. The Kier molecular flexibility index (Phi) is 7.37. The zero-order chi connectivity index (χ0) is 38.2. The van der Waals surface area contributed by atoms with Gasteiger partial charge < -0.3 is 4.57 Å². The van der Waals surface area contributed by atoms with E-state index in [-0.39, 0.29) is 0 Å². The molecule has 0 aliphatic rings. The molecule has 0 saturated carbocycles. The Balaban J connectivity index is 1.11. The van der Waals surface area contributed by atoms with Crippen molar-refractivity contribution in [1.29, 1.82) is 0 Å². The van der Waals surface area contributed by atoms with E-state index >= 15 is 0 Å². The molecule has 0 bridgehead atoms. The van der Waals surface area contributed by atoms with Crippen LogP contribution in [0.3, 0.4) is 0 Å². The Hall–Kier alpha value is -7.47. The summed E-state index contributed by atoms with van der Waals surface area (Å²) in [6.45, 7) is 0. The molecule has 0 N–H and O–H groups in total. The number of rotatable bonds is 5. The number of para-hydroxylation sites is 2. The average Bonchev–Trinajstić information content (AvgIpc) is 3.85. The van der Waals surface area contributed by atoms with Crippen LogP contribution in [0.1, 0.15) is 0 Å². The summed E-state index contributed by atoms with van der Waals surface area (Å²) in [5.41, 5.74) is 11.3. The van der Waals surface area contributed by atoms with Crippen molar-refractivity contribution in [1.82, 2.24) is 19.5 Å². The standard InChI is InChI=1S/C53H32N4S/c1-4-14-33(15-5-1)52-40-26-29-49-51(39-21-11-13-23-48(39)58-49)50(40)42-31-35(24-27-43(42)54-52)44-32-45(56-53(55-44)34-16-6-2-7-17-34)36-25-28-47-41(30-36)38-20-10-12-22-46(38)57(47)37-18-8-3-9-19-37/h1-32H. The third-order valence-electron chi connectivity index (χ3n) is 11.4. The summed E-state index contributed by atoms with van der Waals surface area (Å²) in [6.07, 6.45) is 0. The third-order valence-corrected chi connectivity index (χ3v) is 12.5. The summed E-state index contributed by atoms with van der Waals surface area (Å²) in [6, 6.07) is 68.8. The molecule has 12 aromatic rings. The van der Waals surface area contributed by atoms with E-state index in [1.165, 1.54) is 41.8 Å². The molecule has 0 saturated heterocycles. The van der Waals surface area contributed by atoms with Crippen LogP contribution < -0.4 is 0 Å². The number of aromatic nitrogens is 4. The van der Waals surface area contributed by atoms with Crippen LogP contribution in [0.2, 0.25) is 0 Å². The first-order valence-electron chi connectivity index (χ1n) is 19.5. The second-order valence-electron chi connectivity index (χ2n) is 14.8. The number of thiophene rings is 1. The van der Waals surface area contributed by atoms with Crippen molar-refractivity contribution in [2.24, 2.45) is 0 Å². The van der Waals surface area contributed by atoms with Gasteiger partial charge in [-0.1, -0.05) is 133 Å². The molecule has 0 aliphatic carbocycles. The third kappa shape index (κ3) is 5.18. The predicted molar refractivity (Wildman–Crippen MR) is 244 cm³/mol. The van der Waals surface area contributed by atoms with Gasteiger partial charge in [-0.25, -0.2) is 15.0 Å². The van der Waals surface area contributed by atoms with Crippen LogP contribution in [0.5, 0.6) is 0 Å². The zero-order valence-electron chi connectivity index (χ0n) is 31.2.